The van der Waals surface area contributed by atoms with E-state index in [2.05, 4.69) is 4.98 Å². The average Bonchev–Trinajstić information content (AvgIpc) is 2.56. The molecule has 2 nitrogen and oxygen atoms in total. The maximum atomic E-state index is 11.6. The van der Waals surface area contributed by atoms with Crippen molar-refractivity contribution in [1.82, 2.24) is 4.98 Å². The molecule has 0 aliphatic heterocycles. The van der Waals surface area contributed by atoms with Gasteiger partial charge in [-0.2, -0.15) is 0 Å². The molecular weight excluding hydrogens is 294 g/mol. The van der Waals surface area contributed by atoms with Gasteiger partial charge in [-0.3, -0.25) is 4.98 Å². The minimum Gasteiger partial charge on any atom is -0.376 e. The van der Waals surface area contributed by atoms with Gasteiger partial charge < -0.3 is 5.11 Å². The first kappa shape index (κ1) is 14.8. The molecule has 0 saturated heterocycles. The molecule has 1 N–H and O–H groups in total. The molecule has 110 valence electrons. The maximum absolute atomic E-state index is 11.6. The zero-order valence-corrected chi connectivity index (χ0v) is 13.0. The molecule has 0 fully saturated rings. The quantitative estimate of drug-likeness (QED) is 0.781. The van der Waals surface area contributed by atoms with E-state index < -0.39 is 5.60 Å². The highest BCUT2D eigenvalue weighted by atomic mass is 35.5. The summed E-state index contributed by atoms with van der Waals surface area (Å²) < 4.78 is 0. The largest absolute Gasteiger partial charge is 0.376 e. The molecule has 22 heavy (non-hydrogen) atoms. The zero-order chi connectivity index (χ0) is 15.6. The van der Waals surface area contributed by atoms with E-state index in [-0.39, 0.29) is 0 Å². The minimum absolute atomic E-state index is 0.523. The first-order chi connectivity index (χ1) is 10.6. The highest BCUT2D eigenvalue weighted by molar-refractivity contribution is 6.31. The van der Waals surface area contributed by atoms with Gasteiger partial charge in [0.15, 0.2) is 0 Å². The van der Waals surface area contributed by atoms with Crippen molar-refractivity contribution in [3.05, 3.63) is 100 Å². The van der Waals surface area contributed by atoms with Gasteiger partial charge in [0.25, 0.3) is 0 Å². The number of rotatable bonds is 3. The van der Waals surface area contributed by atoms with E-state index in [1.807, 2.05) is 61.5 Å². The Hall–Kier alpha value is -2.16. The van der Waals surface area contributed by atoms with Crippen LogP contribution in [0.3, 0.4) is 0 Å². The molecule has 0 saturated carbocycles. The molecule has 0 bridgehead atoms. The molecule has 0 aliphatic carbocycles. The summed E-state index contributed by atoms with van der Waals surface area (Å²) in [6.07, 6.45) is 3.36. The molecule has 1 heterocycles. The standard InChI is InChI=1S/C19H16ClNO/c1-14-8-10-15(11-9-14)19(22,16-5-4-12-21-13-16)17-6-2-3-7-18(17)20/h2-13,22H,1H3. The smallest absolute Gasteiger partial charge is 0.143 e. The van der Waals surface area contributed by atoms with Crippen LogP contribution in [0.4, 0.5) is 0 Å². The summed E-state index contributed by atoms with van der Waals surface area (Å²) >= 11 is 6.36. The third-order valence-electron chi connectivity index (χ3n) is 3.81. The second-order valence-electron chi connectivity index (χ2n) is 5.30. The molecule has 1 unspecified atom stereocenters. The molecular formula is C19H16ClNO. The number of halogens is 1. The Morgan fingerprint density at radius 1 is 0.909 bits per heavy atom. The van der Waals surface area contributed by atoms with Crippen molar-refractivity contribution in [3.63, 3.8) is 0 Å². The number of pyridine rings is 1. The topological polar surface area (TPSA) is 33.1 Å². The number of hydrogen-bond donors (Lipinski definition) is 1. The van der Waals surface area contributed by atoms with E-state index in [0.29, 0.717) is 16.1 Å². The number of aryl methyl sites for hydroxylation is 1. The van der Waals surface area contributed by atoms with Crippen molar-refractivity contribution >= 4 is 11.6 Å². The Balaban J connectivity index is 2.27. The van der Waals surface area contributed by atoms with E-state index in [1.165, 1.54) is 0 Å². The molecule has 0 radical (unpaired) electrons. The summed E-state index contributed by atoms with van der Waals surface area (Å²) in [7, 11) is 0. The molecule has 0 spiro atoms. The van der Waals surface area contributed by atoms with Crippen LogP contribution in [0.15, 0.2) is 73.1 Å². The van der Waals surface area contributed by atoms with Gasteiger partial charge in [-0.15, -0.1) is 0 Å². The molecule has 2 aromatic carbocycles. The van der Waals surface area contributed by atoms with Gasteiger partial charge in [-0.1, -0.05) is 65.7 Å². The minimum atomic E-state index is -1.33. The molecule has 0 aliphatic rings. The van der Waals surface area contributed by atoms with Crippen LogP contribution < -0.4 is 0 Å². The number of aromatic nitrogens is 1. The molecule has 3 aromatic rings. The highest BCUT2D eigenvalue weighted by Gasteiger charge is 2.35. The van der Waals surface area contributed by atoms with Gasteiger partial charge in [0.1, 0.15) is 5.60 Å². The Labute approximate surface area is 135 Å². The van der Waals surface area contributed by atoms with Crippen molar-refractivity contribution in [2.24, 2.45) is 0 Å². The van der Waals surface area contributed by atoms with E-state index in [0.717, 1.165) is 11.1 Å². The van der Waals surface area contributed by atoms with Gasteiger partial charge in [0.05, 0.1) is 0 Å². The van der Waals surface area contributed by atoms with E-state index in [1.54, 1.807) is 18.5 Å². The monoisotopic (exact) mass is 309 g/mol. The van der Waals surface area contributed by atoms with E-state index >= 15 is 0 Å². The average molecular weight is 310 g/mol. The summed E-state index contributed by atoms with van der Waals surface area (Å²) in [5, 5.41) is 12.1. The van der Waals surface area contributed by atoms with Crippen LogP contribution in [0.1, 0.15) is 22.3 Å². The lowest BCUT2D eigenvalue weighted by molar-refractivity contribution is 0.125. The van der Waals surface area contributed by atoms with Crippen LogP contribution in [0, 0.1) is 6.92 Å². The summed E-state index contributed by atoms with van der Waals surface area (Å²) in [6, 6.07) is 18.8. The lowest BCUT2D eigenvalue weighted by atomic mass is 9.81. The number of benzene rings is 2. The van der Waals surface area contributed by atoms with E-state index in [4.69, 9.17) is 11.6 Å². The summed E-state index contributed by atoms with van der Waals surface area (Å²) in [4.78, 5) is 4.15. The summed E-state index contributed by atoms with van der Waals surface area (Å²) in [5.74, 6) is 0. The number of aliphatic hydroxyl groups is 1. The fourth-order valence-corrected chi connectivity index (χ4v) is 2.88. The van der Waals surface area contributed by atoms with Crippen LogP contribution in [-0.2, 0) is 5.60 Å². The molecule has 0 amide bonds. The zero-order valence-electron chi connectivity index (χ0n) is 12.2. The Kier molecular flexibility index (Phi) is 3.97. The second-order valence-corrected chi connectivity index (χ2v) is 5.71. The Morgan fingerprint density at radius 2 is 1.64 bits per heavy atom. The van der Waals surface area contributed by atoms with E-state index in [9.17, 15) is 5.11 Å². The number of nitrogens with zero attached hydrogens (tertiary/aromatic N) is 1. The Morgan fingerprint density at radius 3 is 2.27 bits per heavy atom. The molecule has 1 atom stereocenters. The molecule has 1 aromatic heterocycles. The van der Waals surface area contributed by atoms with Crippen LogP contribution >= 0.6 is 11.6 Å². The first-order valence-corrected chi connectivity index (χ1v) is 7.45. The van der Waals surface area contributed by atoms with Crippen molar-refractivity contribution in [2.45, 2.75) is 12.5 Å². The highest BCUT2D eigenvalue weighted by Crippen LogP contribution is 2.39. The SMILES string of the molecule is Cc1ccc(C(O)(c2cccnc2)c2ccccc2Cl)cc1. The Bertz CT molecular complexity index is 771. The van der Waals surface area contributed by atoms with Crippen molar-refractivity contribution in [1.29, 1.82) is 0 Å². The fraction of sp³-hybridized carbons (Fsp3) is 0.105. The number of hydrogen-bond acceptors (Lipinski definition) is 2. The van der Waals surface area contributed by atoms with Gasteiger partial charge in [-0.05, 0) is 24.6 Å². The van der Waals surface area contributed by atoms with Crippen molar-refractivity contribution in [2.75, 3.05) is 0 Å². The van der Waals surface area contributed by atoms with Gasteiger partial charge >= 0.3 is 0 Å². The van der Waals surface area contributed by atoms with Crippen molar-refractivity contribution < 1.29 is 5.11 Å². The van der Waals surface area contributed by atoms with Gasteiger partial charge in [0.2, 0.25) is 0 Å². The first-order valence-electron chi connectivity index (χ1n) is 7.07. The third kappa shape index (κ3) is 2.52. The maximum Gasteiger partial charge on any atom is 0.143 e. The van der Waals surface area contributed by atoms with Crippen LogP contribution in [0.25, 0.3) is 0 Å². The molecule has 3 rings (SSSR count). The summed E-state index contributed by atoms with van der Waals surface area (Å²) in [5.41, 5.74) is 1.90. The second kappa shape index (κ2) is 5.91. The fourth-order valence-electron chi connectivity index (χ4n) is 2.60. The van der Waals surface area contributed by atoms with Crippen molar-refractivity contribution in [3.8, 4) is 0 Å². The van der Waals surface area contributed by atoms with Crippen LogP contribution in [0.2, 0.25) is 5.02 Å². The van der Waals surface area contributed by atoms with Crippen LogP contribution in [-0.4, -0.2) is 10.1 Å². The van der Waals surface area contributed by atoms with Gasteiger partial charge in [0, 0.05) is 28.5 Å². The lowest BCUT2D eigenvalue weighted by Gasteiger charge is -2.30. The third-order valence-corrected chi connectivity index (χ3v) is 4.14. The lowest BCUT2D eigenvalue weighted by Crippen LogP contribution is -2.29. The molecule has 3 heteroatoms. The van der Waals surface area contributed by atoms with Crippen LogP contribution in [0.5, 0.6) is 0 Å². The predicted molar refractivity (Wildman–Crippen MR) is 89.0 cm³/mol. The van der Waals surface area contributed by atoms with Gasteiger partial charge in [-0.25, -0.2) is 0 Å². The normalized spacial score (nSPS) is 13.6. The predicted octanol–water partition coefficient (Wildman–Crippen LogP) is 4.33. The summed E-state index contributed by atoms with van der Waals surface area (Å²) in [6.45, 7) is 2.02.